The fourth-order valence-corrected chi connectivity index (χ4v) is 3.94. The van der Waals surface area contributed by atoms with Gasteiger partial charge in [-0.15, -0.1) is 12.4 Å². The van der Waals surface area contributed by atoms with Gasteiger partial charge < -0.3 is 14.8 Å². The third kappa shape index (κ3) is 4.83. The highest BCUT2D eigenvalue weighted by Gasteiger charge is 2.25. The van der Waals surface area contributed by atoms with E-state index in [1.54, 1.807) is 0 Å². The summed E-state index contributed by atoms with van der Waals surface area (Å²) < 4.78 is 37.5. The van der Waals surface area contributed by atoms with Crippen molar-refractivity contribution in [1.82, 2.24) is 10.0 Å². The number of carbonyl (C=O) groups excluding carboxylic acids is 1. The summed E-state index contributed by atoms with van der Waals surface area (Å²) in [5, 5.41) is 3.28. The normalized spacial score (nSPS) is 20.8. The Balaban J connectivity index is 0.00000288. The van der Waals surface area contributed by atoms with Crippen LogP contribution in [-0.2, 0) is 14.8 Å². The molecule has 7 nitrogen and oxygen atoms in total. The molecule has 0 spiro atoms. The molecule has 0 bridgehead atoms. The van der Waals surface area contributed by atoms with Gasteiger partial charge >= 0.3 is 5.97 Å². The van der Waals surface area contributed by atoms with Crippen LogP contribution in [0.2, 0.25) is 0 Å². The number of halogens is 1. The molecule has 2 N–H and O–H groups in total. The number of carbonyl (C=O) groups is 1. The average Bonchev–Trinajstić information content (AvgIpc) is 2.53. The topological polar surface area (TPSA) is 93.7 Å². The zero-order valence-electron chi connectivity index (χ0n) is 13.9. The van der Waals surface area contributed by atoms with E-state index < -0.39 is 16.0 Å². The first-order chi connectivity index (χ1) is 10.9. The van der Waals surface area contributed by atoms with Crippen LogP contribution in [0.5, 0.6) is 5.75 Å². The molecule has 2 atom stereocenters. The van der Waals surface area contributed by atoms with E-state index in [1.165, 1.54) is 32.4 Å². The van der Waals surface area contributed by atoms with E-state index in [0.717, 1.165) is 19.4 Å². The largest absolute Gasteiger partial charge is 0.496 e. The van der Waals surface area contributed by atoms with E-state index >= 15 is 0 Å². The lowest BCUT2D eigenvalue weighted by molar-refractivity contribution is 0.0597. The first kappa shape index (κ1) is 20.7. The highest BCUT2D eigenvalue weighted by molar-refractivity contribution is 7.89. The Morgan fingerprint density at radius 3 is 2.62 bits per heavy atom. The van der Waals surface area contributed by atoms with Crippen LogP contribution in [-0.4, -0.2) is 47.2 Å². The van der Waals surface area contributed by atoms with Crippen molar-refractivity contribution in [2.45, 2.75) is 36.7 Å². The summed E-state index contributed by atoms with van der Waals surface area (Å²) in [7, 11) is -1.04. The third-order valence-corrected chi connectivity index (χ3v) is 5.35. The molecule has 0 radical (unpaired) electrons. The van der Waals surface area contributed by atoms with Gasteiger partial charge in [-0.2, -0.15) is 0 Å². The van der Waals surface area contributed by atoms with Crippen molar-refractivity contribution in [3.05, 3.63) is 23.8 Å². The number of methoxy groups -OCH3 is 2. The van der Waals surface area contributed by atoms with Gasteiger partial charge in [-0.3, -0.25) is 0 Å². The van der Waals surface area contributed by atoms with Crippen LogP contribution in [0.1, 0.15) is 30.1 Å². The molecule has 0 aromatic heterocycles. The minimum atomic E-state index is -3.68. The van der Waals surface area contributed by atoms with Crippen molar-refractivity contribution in [2.24, 2.45) is 0 Å². The standard InChI is InChI=1S/C15H22N2O5S.ClH/c1-10-8-11(6-7-16-10)17-23(19,20)12-4-5-13(15(18)22-3)14(9-12)21-2;/h4-5,9-11,16-17H,6-8H2,1-3H3;1H. The summed E-state index contributed by atoms with van der Waals surface area (Å²) in [6.07, 6.45) is 1.47. The minimum absolute atomic E-state index is 0. The predicted molar refractivity (Wildman–Crippen MR) is 92.4 cm³/mol. The fourth-order valence-electron chi connectivity index (χ4n) is 2.64. The van der Waals surface area contributed by atoms with Crippen molar-refractivity contribution in [1.29, 1.82) is 0 Å². The predicted octanol–water partition coefficient (Wildman–Crippen LogP) is 1.32. The smallest absolute Gasteiger partial charge is 0.341 e. The molecule has 0 aliphatic carbocycles. The Kier molecular flexibility index (Phi) is 7.47. The Hall–Kier alpha value is -1.35. The number of hydrogen-bond donors (Lipinski definition) is 2. The number of esters is 1. The van der Waals surface area contributed by atoms with Gasteiger partial charge in [0.05, 0.1) is 19.1 Å². The monoisotopic (exact) mass is 378 g/mol. The van der Waals surface area contributed by atoms with Gasteiger partial charge in [-0.25, -0.2) is 17.9 Å². The zero-order chi connectivity index (χ0) is 17.0. The lowest BCUT2D eigenvalue weighted by atomic mass is 10.0. The van der Waals surface area contributed by atoms with Crippen molar-refractivity contribution in [3.8, 4) is 5.75 Å². The number of piperidine rings is 1. The molecule has 136 valence electrons. The molecule has 1 aromatic carbocycles. The van der Waals surface area contributed by atoms with E-state index in [2.05, 4.69) is 14.8 Å². The van der Waals surface area contributed by atoms with Crippen molar-refractivity contribution in [3.63, 3.8) is 0 Å². The van der Waals surface area contributed by atoms with Crippen LogP contribution in [0, 0.1) is 0 Å². The van der Waals surface area contributed by atoms with Gasteiger partial charge in [0, 0.05) is 18.2 Å². The van der Waals surface area contributed by atoms with Gasteiger partial charge in [-0.1, -0.05) is 0 Å². The molecule has 0 saturated carbocycles. The maximum Gasteiger partial charge on any atom is 0.341 e. The second kappa shape index (κ2) is 8.66. The molecular weight excluding hydrogens is 356 g/mol. The van der Waals surface area contributed by atoms with E-state index in [9.17, 15) is 13.2 Å². The van der Waals surface area contributed by atoms with Crippen LogP contribution in [0.25, 0.3) is 0 Å². The molecule has 1 fully saturated rings. The Morgan fingerprint density at radius 1 is 1.33 bits per heavy atom. The maximum absolute atomic E-state index is 12.5. The number of ether oxygens (including phenoxy) is 2. The molecule has 24 heavy (non-hydrogen) atoms. The SMILES string of the molecule is COC(=O)c1ccc(S(=O)(=O)NC2CCNC(C)C2)cc1OC.Cl. The Bertz CT molecular complexity index is 680. The molecule has 1 saturated heterocycles. The summed E-state index contributed by atoms with van der Waals surface area (Å²) in [5.41, 5.74) is 0.185. The summed E-state index contributed by atoms with van der Waals surface area (Å²) >= 11 is 0. The average molecular weight is 379 g/mol. The van der Waals surface area contributed by atoms with Gasteiger partial charge in [0.1, 0.15) is 11.3 Å². The number of benzene rings is 1. The summed E-state index contributed by atoms with van der Waals surface area (Å²) in [5.74, 6) is -0.413. The van der Waals surface area contributed by atoms with E-state index in [-0.39, 0.29) is 40.7 Å². The number of nitrogens with one attached hydrogen (secondary N) is 2. The lowest BCUT2D eigenvalue weighted by Gasteiger charge is -2.28. The van der Waals surface area contributed by atoms with Gasteiger partial charge in [-0.05, 0) is 38.4 Å². The molecule has 2 rings (SSSR count). The van der Waals surface area contributed by atoms with Crippen LogP contribution >= 0.6 is 12.4 Å². The molecule has 9 heteroatoms. The van der Waals surface area contributed by atoms with E-state index in [4.69, 9.17) is 4.74 Å². The van der Waals surface area contributed by atoms with Crippen LogP contribution in [0.15, 0.2) is 23.1 Å². The van der Waals surface area contributed by atoms with Gasteiger partial charge in [0.15, 0.2) is 0 Å². The highest BCUT2D eigenvalue weighted by Crippen LogP contribution is 2.24. The Morgan fingerprint density at radius 2 is 2.04 bits per heavy atom. The van der Waals surface area contributed by atoms with Gasteiger partial charge in [0.2, 0.25) is 10.0 Å². The van der Waals surface area contributed by atoms with Crippen molar-refractivity contribution >= 4 is 28.4 Å². The molecule has 1 aromatic rings. The summed E-state index contributed by atoms with van der Waals surface area (Å²) in [6, 6.07) is 4.26. The highest BCUT2D eigenvalue weighted by atomic mass is 35.5. The molecule has 0 amide bonds. The second-order valence-electron chi connectivity index (χ2n) is 5.55. The Labute approximate surface area is 148 Å². The fraction of sp³-hybridized carbons (Fsp3) is 0.533. The number of rotatable bonds is 5. The van der Waals surface area contributed by atoms with E-state index in [1.807, 2.05) is 6.92 Å². The molecule has 1 aliphatic rings. The number of hydrogen-bond acceptors (Lipinski definition) is 6. The van der Waals surface area contributed by atoms with Crippen LogP contribution < -0.4 is 14.8 Å². The van der Waals surface area contributed by atoms with Gasteiger partial charge in [0.25, 0.3) is 0 Å². The first-order valence-corrected chi connectivity index (χ1v) is 8.87. The van der Waals surface area contributed by atoms with Crippen molar-refractivity contribution in [2.75, 3.05) is 20.8 Å². The van der Waals surface area contributed by atoms with Crippen molar-refractivity contribution < 1.29 is 22.7 Å². The molecular formula is C15H23ClN2O5S. The first-order valence-electron chi connectivity index (χ1n) is 7.39. The van der Waals surface area contributed by atoms with Crippen LogP contribution in [0.3, 0.4) is 0 Å². The third-order valence-electron chi connectivity index (χ3n) is 3.83. The quantitative estimate of drug-likeness (QED) is 0.750. The minimum Gasteiger partial charge on any atom is -0.496 e. The summed E-state index contributed by atoms with van der Waals surface area (Å²) in [4.78, 5) is 11.7. The summed E-state index contributed by atoms with van der Waals surface area (Å²) in [6.45, 7) is 2.80. The van der Waals surface area contributed by atoms with E-state index in [0.29, 0.717) is 0 Å². The molecule has 2 unspecified atom stereocenters. The number of sulfonamides is 1. The molecule has 1 aliphatic heterocycles. The van der Waals surface area contributed by atoms with Crippen LogP contribution in [0.4, 0.5) is 0 Å². The molecule has 1 heterocycles. The second-order valence-corrected chi connectivity index (χ2v) is 7.27. The lowest BCUT2D eigenvalue weighted by Crippen LogP contribution is -2.46. The zero-order valence-corrected chi connectivity index (χ0v) is 15.5. The maximum atomic E-state index is 12.5.